The van der Waals surface area contributed by atoms with Gasteiger partial charge in [0.2, 0.25) is 5.91 Å². The van der Waals surface area contributed by atoms with E-state index < -0.39 is 35.9 Å². The Kier molecular flexibility index (Phi) is 4.52. The molecule has 3 amide bonds. The summed E-state index contributed by atoms with van der Waals surface area (Å²) in [6, 6.07) is -1.53. The average Bonchev–Trinajstić information content (AvgIpc) is 2.76. The second-order valence-corrected chi connectivity index (χ2v) is 4.62. The summed E-state index contributed by atoms with van der Waals surface area (Å²) in [6.07, 6.45) is 1.29. The highest BCUT2D eigenvalue weighted by Gasteiger charge is 2.34. The molecule has 0 bridgehead atoms. The normalized spacial score (nSPS) is 22.3. The summed E-state index contributed by atoms with van der Waals surface area (Å²) >= 11 is 0. The SMILES string of the molecule is CC(NC(=O)N1CCCC1C(N)=O)C(C)C(=O)O. The van der Waals surface area contributed by atoms with Crippen molar-refractivity contribution in [3.8, 4) is 0 Å². The molecule has 3 atom stereocenters. The quantitative estimate of drug-likeness (QED) is 0.644. The number of primary amides is 1. The fourth-order valence-electron chi connectivity index (χ4n) is 1.92. The fraction of sp³-hybridized carbons (Fsp3) is 0.727. The van der Waals surface area contributed by atoms with Crippen LogP contribution in [0.5, 0.6) is 0 Å². The number of urea groups is 1. The first kappa shape index (κ1) is 14.3. The zero-order chi connectivity index (χ0) is 13.9. The summed E-state index contributed by atoms with van der Waals surface area (Å²) in [5.74, 6) is -2.19. The van der Waals surface area contributed by atoms with Crippen LogP contribution in [-0.4, -0.2) is 46.5 Å². The monoisotopic (exact) mass is 257 g/mol. The number of carbonyl (C=O) groups is 3. The van der Waals surface area contributed by atoms with Gasteiger partial charge in [-0.2, -0.15) is 0 Å². The highest BCUT2D eigenvalue weighted by atomic mass is 16.4. The molecule has 18 heavy (non-hydrogen) atoms. The third-order valence-corrected chi connectivity index (χ3v) is 3.33. The van der Waals surface area contributed by atoms with Gasteiger partial charge in [0.25, 0.3) is 0 Å². The number of hydrogen-bond acceptors (Lipinski definition) is 3. The minimum atomic E-state index is -0.976. The molecule has 7 nitrogen and oxygen atoms in total. The minimum Gasteiger partial charge on any atom is -0.481 e. The second-order valence-electron chi connectivity index (χ2n) is 4.62. The van der Waals surface area contributed by atoms with E-state index in [2.05, 4.69) is 5.32 Å². The molecule has 7 heteroatoms. The summed E-state index contributed by atoms with van der Waals surface area (Å²) in [5, 5.41) is 11.4. The number of nitrogens with one attached hydrogen (secondary N) is 1. The van der Waals surface area contributed by atoms with E-state index >= 15 is 0 Å². The molecule has 102 valence electrons. The average molecular weight is 257 g/mol. The molecule has 4 N–H and O–H groups in total. The fourth-order valence-corrected chi connectivity index (χ4v) is 1.92. The molecule has 3 unspecified atom stereocenters. The number of nitrogens with two attached hydrogens (primary N) is 1. The molecular formula is C11H19N3O4. The maximum Gasteiger partial charge on any atom is 0.318 e. The third-order valence-electron chi connectivity index (χ3n) is 3.33. The third kappa shape index (κ3) is 3.12. The number of aliphatic carboxylic acids is 1. The molecule has 1 heterocycles. The van der Waals surface area contributed by atoms with Crippen LogP contribution in [0.15, 0.2) is 0 Å². The van der Waals surface area contributed by atoms with Gasteiger partial charge in [-0.1, -0.05) is 0 Å². The number of nitrogens with zero attached hydrogens (tertiary/aromatic N) is 1. The summed E-state index contributed by atoms with van der Waals surface area (Å²) < 4.78 is 0. The Balaban J connectivity index is 2.60. The highest BCUT2D eigenvalue weighted by molar-refractivity contribution is 5.86. The Bertz CT molecular complexity index is 358. The van der Waals surface area contributed by atoms with E-state index in [4.69, 9.17) is 10.8 Å². The van der Waals surface area contributed by atoms with E-state index in [1.54, 1.807) is 6.92 Å². The summed E-state index contributed by atoms with van der Waals surface area (Å²) in [6.45, 7) is 3.60. The molecule has 0 aliphatic carbocycles. The van der Waals surface area contributed by atoms with Gasteiger partial charge in [-0.3, -0.25) is 9.59 Å². The van der Waals surface area contributed by atoms with Crippen LogP contribution >= 0.6 is 0 Å². The van der Waals surface area contributed by atoms with Gasteiger partial charge in [0, 0.05) is 12.6 Å². The van der Waals surface area contributed by atoms with E-state index in [1.807, 2.05) is 0 Å². The van der Waals surface area contributed by atoms with E-state index in [9.17, 15) is 14.4 Å². The molecule has 0 spiro atoms. The lowest BCUT2D eigenvalue weighted by atomic mass is 10.0. The van der Waals surface area contributed by atoms with Crippen LogP contribution in [0.4, 0.5) is 4.79 Å². The standard InChI is InChI=1S/C11H19N3O4/c1-6(10(16)17)7(2)13-11(18)14-5-3-4-8(14)9(12)15/h6-8H,3-5H2,1-2H3,(H2,12,15)(H,13,18)(H,16,17). The van der Waals surface area contributed by atoms with E-state index in [0.717, 1.165) is 6.42 Å². The van der Waals surface area contributed by atoms with Crippen molar-refractivity contribution in [1.82, 2.24) is 10.2 Å². The Morgan fingerprint density at radius 2 is 2.00 bits per heavy atom. The van der Waals surface area contributed by atoms with E-state index in [0.29, 0.717) is 13.0 Å². The summed E-state index contributed by atoms with van der Waals surface area (Å²) in [7, 11) is 0. The van der Waals surface area contributed by atoms with Gasteiger partial charge in [-0.25, -0.2) is 4.79 Å². The predicted octanol–water partition coefficient (Wildman–Crippen LogP) is -0.245. The number of carboxylic acids is 1. The van der Waals surface area contributed by atoms with Gasteiger partial charge in [-0.15, -0.1) is 0 Å². The number of carboxylic acid groups (broad SMARTS) is 1. The van der Waals surface area contributed by atoms with E-state index in [-0.39, 0.29) is 0 Å². The molecule has 0 radical (unpaired) electrons. The number of hydrogen-bond donors (Lipinski definition) is 3. The molecular weight excluding hydrogens is 238 g/mol. The molecule has 1 saturated heterocycles. The summed E-state index contributed by atoms with van der Waals surface area (Å²) in [5.41, 5.74) is 5.21. The number of likely N-dealkylation sites (tertiary alicyclic amines) is 1. The van der Waals surface area contributed by atoms with Crippen LogP contribution in [0.25, 0.3) is 0 Å². The molecule has 0 saturated carbocycles. The van der Waals surface area contributed by atoms with Crippen LogP contribution in [0.1, 0.15) is 26.7 Å². The zero-order valence-electron chi connectivity index (χ0n) is 10.5. The number of carbonyl (C=O) groups excluding carboxylic acids is 2. The lowest BCUT2D eigenvalue weighted by molar-refractivity contribution is -0.141. The van der Waals surface area contributed by atoms with Gasteiger partial charge in [0.15, 0.2) is 0 Å². The maximum atomic E-state index is 11.9. The summed E-state index contributed by atoms with van der Waals surface area (Å²) in [4.78, 5) is 35.2. The Hall–Kier alpha value is -1.79. The highest BCUT2D eigenvalue weighted by Crippen LogP contribution is 2.17. The first-order valence-corrected chi connectivity index (χ1v) is 5.93. The Morgan fingerprint density at radius 1 is 1.39 bits per heavy atom. The van der Waals surface area contributed by atoms with Crippen LogP contribution in [0.2, 0.25) is 0 Å². The predicted molar refractivity (Wildman–Crippen MR) is 63.7 cm³/mol. The number of amides is 3. The van der Waals surface area contributed by atoms with Crippen molar-refractivity contribution in [3.63, 3.8) is 0 Å². The second kappa shape index (κ2) is 5.70. The maximum absolute atomic E-state index is 11.9. The Labute approximate surface area is 105 Å². The van der Waals surface area contributed by atoms with Crippen molar-refractivity contribution in [2.45, 2.75) is 38.8 Å². The molecule has 1 aliphatic rings. The lowest BCUT2D eigenvalue weighted by Gasteiger charge is -2.26. The molecule has 1 aliphatic heterocycles. The van der Waals surface area contributed by atoms with E-state index in [1.165, 1.54) is 11.8 Å². The van der Waals surface area contributed by atoms with Crippen molar-refractivity contribution in [3.05, 3.63) is 0 Å². The van der Waals surface area contributed by atoms with Crippen molar-refractivity contribution in [2.75, 3.05) is 6.54 Å². The smallest absolute Gasteiger partial charge is 0.318 e. The van der Waals surface area contributed by atoms with Crippen LogP contribution < -0.4 is 11.1 Å². The van der Waals surface area contributed by atoms with Crippen LogP contribution in [0, 0.1) is 5.92 Å². The first-order valence-electron chi connectivity index (χ1n) is 5.93. The molecule has 1 fully saturated rings. The van der Waals surface area contributed by atoms with Crippen LogP contribution in [-0.2, 0) is 9.59 Å². The Morgan fingerprint density at radius 3 is 2.50 bits per heavy atom. The van der Waals surface area contributed by atoms with Gasteiger partial charge in [0.05, 0.1) is 5.92 Å². The van der Waals surface area contributed by atoms with Crippen molar-refractivity contribution >= 4 is 17.9 Å². The van der Waals surface area contributed by atoms with Crippen LogP contribution in [0.3, 0.4) is 0 Å². The zero-order valence-corrected chi connectivity index (χ0v) is 10.5. The van der Waals surface area contributed by atoms with Crippen molar-refractivity contribution in [2.24, 2.45) is 11.7 Å². The lowest BCUT2D eigenvalue weighted by Crippen LogP contribution is -2.51. The minimum absolute atomic E-state index is 0.433. The topological polar surface area (TPSA) is 113 Å². The molecule has 0 aromatic rings. The number of rotatable bonds is 4. The van der Waals surface area contributed by atoms with Gasteiger partial charge in [0.1, 0.15) is 6.04 Å². The first-order chi connectivity index (χ1) is 8.34. The molecule has 1 rings (SSSR count). The van der Waals surface area contributed by atoms with Crippen molar-refractivity contribution in [1.29, 1.82) is 0 Å². The molecule has 0 aromatic heterocycles. The van der Waals surface area contributed by atoms with Gasteiger partial charge >= 0.3 is 12.0 Å². The van der Waals surface area contributed by atoms with Gasteiger partial charge < -0.3 is 21.1 Å². The van der Waals surface area contributed by atoms with Crippen molar-refractivity contribution < 1.29 is 19.5 Å². The van der Waals surface area contributed by atoms with Gasteiger partial charge in [-0.05, 0) is 26.7 Å². The molecule has 0 aromatic carbocycles. The largest absolute Gasteiger partial charge is 0.481 e.